The molecule has 16 heteroatoms. The lowest BCUT2D eigenvalue weighted by Crippen LogP contribution is -2.28. The number of thiophene rings is 1. The van der Waals surface area contributed by atoms with Crippen molar-refractivity contribution in [2.75, 3.05) is 36.6 Å². The fourth-order valence-corrected chi connectivity index (χ4v) is 6.96. The molecule has 1 aromatic carbocycles. The Morgan fingerprint density at radius 3 is 2.17 bits per heavy atom. The Balaban J connectivity index is 1.78. The van der Waals surface area contributed by atoms with Gasteiger partial charge in [-0.05, 0) is 51.5 Å². The van der Waals surface area contributed by atoms with Crippen molar-refractivity contribution in [3.05, 3.63) is 44.6 Å². The quantitative estimate of drug-likeness (QED) is 0.242. The van der Waals surface area contributed by atoms with E-state index in [1.54, 1.807) is 50.6 Å². The molecule has 226 valence electrons. The summed E-state index contributed by atoms with van der Waals surface area (Å²) in [6, 6.07) is 4.82. The largest absolute Gasteiger partial charge is 0.462 e. The smallest absolute Gasteiger partial charge is 0.348 e. The Morgan fingerprint density at radius 2 is 1.52 bits per heavy atom. The normalized spacial score (nSPS) is 11.8. The molecule has 3 aromatic rings. The summed E-state index contributed by atoms with van der Waals surface area (Å²) in [6.07, 6.45) is 0. The number of amides is 2. The number of anilines is 1. The molecule has 42 heavy (non-hydrogen) atoms. The number of nitrogens with one attached hydrogen (secondary N) is 1. The van der Waals surface area contributed by atoms with Crippen LogP contribution in [0.1, 0.15) is 56.7 Å². The fraction of sp³-hybridized carbons (Fsp3) is 0.385. The number of fused-ring (bicyclic) bond motifs is 1. The number of aromatic nitrogens is 1. The lowest BCUT2D eigenvalue weighted by Gasteiger charge is -2.07. The zero-order valence-corrected chi connectivity index (χ0v) is 25.9. The van der Waals surface area contributed by atoms with Crippen LogP contribution in [0.15, 0.2) is 23.2 Å². The number of rotatable bonds is 11. The Kier molecular flexibility index (Phi) is 10.8. The fourth-order valence-electron chi connectivity index (χ4n) is 3.76. The maximum absolute atomic E-state index is 12.7. The van der Waals surface area contributed by atoms with Crippen molar-refractivity contribution in [3.8, 4) is 0 Å². The summed E-state index contributed by atoms with van der Waals surface area (Å²) in [6.45, 7) is 6.68. The van der Waals surface area contributed by atoms with E-state index in [1.807, 2.05) is 0 Å². The van der Waals surface area contributed by atoms with E-state index in [1.165, 1.54) is 6.92 Å². The minimum atomic E-state index is -4.28. The van der Waals surface area contributed by atoms with Crippen LogP contribution in [0.2, 0.25) is 0 Å². The Morgan fingerprint density at radius 1 is 0.905 bits per heavy atom. The minimum Gasteiger partial charge on any atom is -0.462 e. The summed E-state index contributed by atoms with van der Waals surface area (Å²) in [5.41, 5.74) is 1.10. The number of ether oxygens (including phenoxy) is 3. The molecule has 0 unspecified atom stereocenters. The van der Waals surface area contributed by atoms with E-state index in [0.29, 0.717) is 15.8 Å². The molecule has 0 bridgehead atoms. The number of hydrogen-bond donors (Lipinski definition) is 1. The SMILES string of the molecule is CCOC(=O)c1ccc2c(c1)sc(=NC(=O)CS(=O)(=O)CC(=O)Nc1sc(C(=O)OCC)c(C)c1C(=O)OCC)n2C. The van der Waals surface area contributed by atoms with Crippen LogP contribution in [0, 0.1) is 6.92 Å². The maximum atomic E-state index is 12.7. The summed E-state index contributed by atoms with van der Waals surface area (Å²) in [4.78, 5) is 66.3. The predicted octanol–water partition coefficient (Wildman–Crippen LogP) is 2.62. The first-order chi connectivity index (χ1) is 19.8. The van der Waals surface area contributed by atoms with Crippen molar-refractivity contribution in [1.82, 2.24) is 4.57 Å². The predicted molar refractivity (Wildman–Crippen MR) is 156 cm³/mol. The van der Waals surface area contributed by atoms with E-state index in [4.69, 9.17) is 14.2 Å². The number of thiazole rings is 1. The number of hydrogen-bond acceptors (Lipinski definition) is 12. The topological polar surface area (TPSA) is 176 Å². The van der Waals surface area contributed by atoms with Gasteiger partial charge in [-0.15, -0.1) is 11.3 Å². The highest BCUT2D eigenvalue weighted by Crippen LogP contribution is 2.34. The summed E-state index contributed by atoms with van der Waals surface area (Å²) in [7, 11) is -2.65. The maximum Gasteiger partial charge on any atom is 0.348 e. The van der Waals surface area contributed by atoms with Gasteiger partial charge in [0.05, 0.1) is 41.2 Å². The Labute approximate surface area is 249 Å². The van der Waals surface area contributed by atoms with E-state index < -0.39 is 51.1 Å². The molecule has 0 atom stereocenters. The molecule has 0 saturated heterocycles. The first-order valence-electron chi connectivity index (χ1n) is 12.6. The zero-order valence-electron chi connectivity index (χ0n) is 23.5. The minimum absolute atomic E-state index is 0.0281. The molecule has 0 aliphatic rings. The molecule has 0 fully saturated rings. The van der Waals surface area contributed by atoms with Crippen molar-refractivity contribution in [1.29, 1.82) is 0 Å². The Hall–Kier alpha value is -3.89. The second-order valence-electron chi connectivity index (χ2n) is 8.63. The molecule has 0 spiro atoms. The lowest BCUT2D eigenvalue weighted by atomic mass is 10.1. The van der Waals surface area contributed by atoms with Gasteiger partial charge in [-0.25, -0.2) is 22.8 Å². The van der Waals surface area contributed by atoms with Gasteiger partial charge >= 0.3 is 17.9 Å². The van der Waals surface area contributed by atoms with Crippen LogP contribution in [0.3, 0.4) is 0 Å². The molecular formula is C26H29N3O10S3. The third-order valence-corrected chi connectivity index (χ3v) is 9.25. The second kappa shape index (κ2) is 13.8. The molecule has 3 rings (SSSR count). The molecule has 1 N–H and O–H groups in total. The van der Waals surface area contributed by atoms with E-state index >= 15 is 0 Å². The number of benzene rings is 1. The van der Waals surface area contributed by atoms with Gasteiger partial charge < -0.3 is 24.1 Å². The average molecular weight is 640 g/mol. The van der Waals surface area contributed by atoms with Crippen molar-refractivity contribution in [3.63, 3.8) is 0 Å². The van der Waals surface area contributed by atoms with Gasteiger partial charge in [0.2, 0.25) is 5.91 Å². The average Bonchev–Trinajstić information content (AvgIpc) is 3.38. The standard InChI is InChI=1S/C26H29N3O10S3/c1-6-37-23(32)15-9-10-16-17(11-15)40-26(29(16)5)28-19(31)13-42(35,36)12-18(30)27-22-20(24(33)38-7-2)14(4)21(41-22)25(34)39-8-3/h9-11H,6-8,12-13H2,1-5H3,(H,27,30). The van der Waals surface area contributed by atoms with Crippen molar-refractivity contribution in [2.45, 2.75) is 27.7 Å². The van der Waals surface area contributed by atoms with Gasteiger partial charge in [0.1, 0.15) is 21.4 Å². The molecule has 0 radical (unpaired) electrons. The van der Waals surface area contributed by atoms with Gasteiger partial charge in [-0.3, -0.25) is 9.59 Å². The number of carbonyl (C=O) groups excluding carboxylic acids is 5. The van der Waals surface area contributed by atoms with Crippen LogP contribution >= 0.6 is 22.7 Å². The number of esters is 3. The molecule has 0 saturated carbocycles. The summed E-state index contributed by atoms with van der Waals surface area (Å²) in [5, 5.41) is 2.27. The van der Waals surface area contributed by atoms with E-state index in [2.05, 4.69) is 10.3 Å². The van der Waals surface area contributed by atoms with Crippen LogP contribution < -0.4 is 10.1 Å². The first-order valence-corrected chi connectivity index (χ1v) is 16.1. The molecule has 2 aromatic heterocycles. The van der Waals surface area contributed by atoms with Gasteiger partial charge in [0.15, 0.2) is 14.6 Å². The molecule has 13 nitrogen and oxygen atoms in total. The highest BCUT2D eigenvalue weighted by molar-refractivity contribution is 7.92. The van der Waals surface area contributed by atoms with E-state index in [0.717, 1.165) is 22.7 Å². The van der Waals surface area contributed by atoms with Crippen LogP contribution in [0.4, 0.5) is 5.00 Å². The molecular weight excluding hydrogens is 610 g/mol. The monoisotopic (exact) mass is 639 g/mol. The van der Waals surface area contributed by atoms with Crippen molar-refractivity contribution in [2.24, 2.45) is 12.0 Å². The van der Waals surface area contributed by atoms with Gasteiger partial charge in [0, 0.05) is 7.05 Å². The molecule has 2 heterocycles. The second-order valence-corrected chi connectivity index (χ2v) is 12.7. The highest BCUT2D eigenvalue weighted by atomic mass is 32.2. The van der Waals surface area contributed by atoms with Crippen molar-refractivity contribution < 1.29 is 46.6 Å². The lowest BCUT2D eigenvalue weighted by molar-refractivity contribution is -0.115. The first kappa shape index (κ1) is 32.6. The van der Waals surface area contributed by atoms with Crippen molar-refractivity contribution >= 4 is 77.5 Å². The third-order valence-electron chi connectivity index (χ3n) is 5.58. The number of nitrogens with zero attached hydrogens (tertiary/aromatic N) is 2. The number of aryl methyl sites for hydroxylation is 1. The summed E-state index contributed by atoms with van der Waals surface area (Å²) in [5.74, 6) is -6.17. The number of carbonyl (C=O) groups is 5. The van der Waals surface area contributed by atoms with E-state index in [9.17, 15) is 32.4 Å². The van der Waals surface area contributed by atoms with Gasteiger partial charge in [0.25, 0.3) is 5.91 Å². The summed E-state index contributed by atoms with van der Waals surface area (Å²) >= 11 is 1.82. The van der Waals surface area contributed by atoms with Gasteiger partial charge in [-0.2, -0.15) is 4.99 Å². The molecule has 0 aliphatic carbocycles. The third kappa shape index (κ3) is 7.68. The van der Waals surface area contributed by atoms with Crippen LogP contribution in [0.25, 0.3) is 10.2 Å². The van der Waals surface area contributed by atoms with Crippen LogP contribution in [-0.4, -0.2) is 74.0 Å². The molecule has 2 amide bonds. The van der Waals surface area contributed by atoms with Crippen LogP contribution in [-0.2, 0) is 40.7 Å². The zero-order chi connectivity index (χ0) is 31.2. The van der Waals surface area contributed by atoms with E-state index in [-0.39, 0.29) is 45.6 Å². The Bertz CT molecular complexity index is 1730. The number of sulfone groups is 1. The van der Waals surface area contributed by atoms with Crippen LogP contribution in [0.5, 0.6) is 0 Å². The highest BCUT2D eigenvalue weighted by Gasteiger charge is 2.29. The molecule has 0 aliphatic heterocycles. The summed E-state index contributed by atoms with van der Waals surface area (Å²) < 4.78 is 42.6. The van der Waals surface area contributed by atoms with Gasteiger partial charge in [-0.1, -0.05) is 11.3 Å².